The van der Waals surface area contributed by atoms with Gasteiger partial charge in [-0.15, -0.1) is 11.3 Å². The fraction of sp³-hybridized carbons (Fsp3) is 0.611. The molecule has 1 spiro atoms. The van der Waals surface area contributed by atoms with E-state index in [0.29, 0.717) is 11.0 Å². The first-order valence-corrected chi connectivity index (χ1v) is 9.81. The summed E-state index contributed by atoms with van der Waals surface area (Å²) in [5.41, 5.74) is 1.10. The molecular weight excluding hydrogens is 336 g/mol. The molecule has 1 amide bonds. The number of rotatable bonds is 5. The average molecular weight is 360 g/mol. The lowest BCUT2D eigenvalue weighted by molar-refractivity contribution is -0.127. The molecule has 2 atom stereocenters. The van der Waals surface area contributed by atoms with Crippen LogP contribution in [0.5, 0.6) is 0 Å². The molecule has 2 fully saturated rings. The molecule has 2 aliphatic carbocycles. The summed E-state index contributed by atoms with van der Waals surface area (Å²) >= 11 is 1.42. The molecule has 4 rings (SSSR count). The molecule has 0 bridgehead atoms. The minimum Gasteiger partial charge on any atom is -0.378 e. The van der Waals surface area contributed by atoms with Crippen LogP contribution in [0.2, 0.25) is 0 Å². The van der Waals surface area contributed by atoms with E-state index in [4.69, 9.17) is 4.74 Å². The Morgan fingerprint density at radius 2 is 2.24 bits per heavy atom. The van der Waals surface area contributed by atoms with E-state index in [-0.39, 0.29) is 17.4 Å². The summed E-state index contributed by atoms with van der Waals surface area (Å²) in [4.78, 5) is 17.7. The smallest absolute Gasteiger partial charge is 0.263 e. The molecule has 0 unspecified atom stereocenters. The molecule has 2 aromatic rings. The van der Waals surface area contributed by atoms with E-state index in [1.807, 2.05) is 20.2 Å². The van der Waals surface area contributed by atoms with Gasteiger partial charge in [0.1, 0.15) is 9.88 Å². The van der Waals surface area contributed by atoms with Crippen LogP contribution in [0.25, 0.3) is 10.6 Å². The van der Waals surface area contributed by atoms with Gasteiger partial charge >= 0.3 is 0 Å². The third kappa shape index (κ3) is 2.89. The van der Waals surface area contributed by atoms with Crippen molar-refractivity contribution in [3.8, 4) is 10.6 Å². The van der Waals surface area contributed by atoms with Crippen LogP contribution in [0.15, 0.2) is 18.6 Å². The first-order chi connectivity index (χ1) is 12.1. The Balaban J connectivity index is 1.45. The average Bonchev–Trinajstić information content (AvgIpc) is 3.33. The van der Waals surface area contributed by atoms with Crippen molar-refractivity contribution in [2.45, 2.75) is 51.2 Å². The number of thiazole rings is 1. The van der Waals surface area contributed by atoms with E-state index < -0.39 is 0 Å². The van der Waals surface area contributed by atoms with Crippen LogP contribution in [0.4, 0.5) is 0 Å². The highest BCUT2D eigenvalue weighted by Gasteiger charge is 2.57. The fourth-order valence-electron chi connectivity index (χ4n) is 4.36. The van der Waals surface area contributed by atoms with Crippen molar-refractivity contribution >= 4 is 17.2 Å². The van der Waals surface area contributed by atoms with Crippen LogP contribution >= 0.6 is 11.3 Å². The van der Waals surface area contributed by atoms with Crippen LogP contribution in [0.1, 0.15) is 48.7 Å². The summed E-state index contributed by atoms with van der Waals surface area (Å²) in [7, 11) is 1.87. The zero-order valence-electron chi connectivity index (χ0n) is 14.7. The number of hydrogen-bond donors (Lipinski definition) is 1. The van der Waals surface area contributed by atoms with E-state index in [9.17, 15) is 4.79 Å². The molecule has 2 aliphatic rings. The molecule has 6 nitrogen and oxygen atoms in total. The van der Waals surface area contributed by atoms with E-state index >= 15 is 0 Å². The molecule has 2 heterocycles. The first kappa shape index (κ1) is 16.7. The van der Waals surface area contributed by atoms with Crippen molar-refractivity contribution in [2.75, 3.05) is 6.61 Å². The standard InChI is InChI=1S/C18H24N4O2S/c1-3-24-15-8-14(18(15)6-4-5-7-18)21-16(23)13-10-19-17(25-13)12-9-20-22(2)11-12/h9-11,14-15H,3-8H2,1-2H3,(H,21,23)/t14-,15-/m0/s1. The van der Waals surface area contributed by atoms with E-state index in [2.05, 4.69) is 15.4 Å². The molecule has 1 N–H and O–H groups in total. The van der Waals surface area contributed by atoms with Crippen LogP contribution in [-0.4, -0.2) is 39.4 Å². The second kappa shape index (κ2) is 6.53. The number of amides is 1. The van der Waals surface area contributed by atoms with E-state index in [0.717, 1.165) is 36.4 Å². The Hall–Kier alpha value is -1.73. The van der Waals surface area contributed by atoms with Crippen LogP contribution < -0.4 is 5.32 Å². The second-order valence-electron chi connectivity index (χ2n) is 7.08. The number of carbonyl (C=O) groups excluding carboxylic acids is 1. The van der Waals surface area contributed by atoms with Crippen molar-refractivity contribution in [3.63, 3.8) is 0 Å². The monoisotopic (exact) mass is 360 g/mol. The summed E-state index contributed by atoms with van der Waals surface area (Å²) in [6, 6.07) is 0.225. The van der Waals surface area contributed by atoms with Crippen LogP contribution in [-0.2, 0) is 11.8 Å². The Labute approximate surface area is 151 Å². The molecule has 25 heavy (non-hydrogen) atoms. The maximum atomic E-state index is 12.7. The van der Waals surface area contributed by atoms with Crippen molar-refractivity contribution in [1.82, 2.24) is 20.1 Å². The maximum absolute atomic E-state index is 12.7. The van der Waals surface area contributed by atoms with Gasteiger partial charge < -0.3 is 10.1 Å². The van der Waals surface area contributed by atoms with Crippen molar-refractivity contribution in [1.29, 1.82) is 0 Å². The third-order valence-corrected chi connectivity index (χ3v) is 6.72. The van der Waals surface area contributed by atoms with Gasteiger partial charge in [0.15, 0.2) is 0 Å². The molecular formula is C18H24N4O2S. The number of nitrogens with one attached hydrogen (secondary N) is 1. The minimum absolute atomic E-state index is 0.0149. The third-order valence-electron chi connectivity index (χ3n) is 5.67. The maximum Gasteiger partial charge on any atom is 0.263 e. The van der Waals surface area contributed by atoms with Gasteiger partial charge in [-0.3, -0.25) is 9.48 Å². The predicted octanol–water partition coefficient (Wildman–Crippen LogP) is 3.01. The Morgan fingerprint density at radius 3 is 2.92 bits per heavy atom. The largest absolute Gasteiger partial charge is 0.378 e. The number of ether oxygens (including phenoxy) is 1. The minimum atomic E-state index is -0.0149. The SMILES string of the molecule is CCO[C@H]1C[C@H](NC(=O)c2cnc(-c3cnn(C)c3)s2)C12CCCC2. The van der Waals surface area contributed by atoms with Crippen LogP contribution in [0.3, 0.4) is 0 Å². The molecule has 0 aliphatic heterocycles. The molecule has 0 radical (unpaired) electrons. The van der Waals surface area contributed by atoms with E-state index in [1.165, 1.54) is 24.2 Å². The van der Waals surface area contributed by atoms with Gasteiger partial charge in [-0.2, -0.15) is 5.10 Å². The molecule has 7 heteroatoms. The van der Waals surface area contributed by atoms with Gasteiger partial charge in [0.25, 0.3) is 5.91 Å². The van der Waals surface area contributed by atoms with Crippen molar-refractivity contribution in [3.05, 3.63) is 23.5 Å². The Morgan fingerprint density at radius 1 is 1.44 bits per heavy atom. The van der Waals surface area contributed by atoms with E-state index in [1.54, 1.807) is 17.1 Å². The molecule has 2 saturated carbocycles. The molecule has 0 aromatic carbocycles. The van der Waals surface area contributed by atoms with Gasteiger partial charge in [-0.05, 0) is 26.2 Å². The number of nitrogens with zero attached hydrogens (tertiary/aromatic N) is 3. The predicted molar refractivity (Wildman–Crippen MR) is 96.5 cm³/mol. The lowest BCUT2D eigenvalue weighted by atomic mass is 9.60. The highest BCUT2D eigenvalue weighted by molar-refractivity contribution is 7.16. The van der Waals surface area contributed by atoms with Gasteiger partial charge in [0.05, 0.1) is 18.5 Å². The molecule has 2 aromatic heterocycles. The fourth-order valence-corrected chi connectivity index (χ4v) is 5.16. The second-order valence-corrected chi connectivity index (χ2v) is 8.11. The van der Waals surface area contributed by atoms with Gasteiger partial charge in [-0.1, -0.05) is 12.8 Å². The number of carbonyl (C=O) groups is 1. The summed E-state index contributed by atoms with van der Waals surface area (Å²) in [6.07, 6.45) is 11.4. The highest BCUT2D eigenvalue weighted by Crippen LogP contribution is 2.54. The van der Waals surface area contributed by atoms with Gasteiger partial charge in [0, 0.05) is 36.9 Å². The Kier molecular flexibility index (Phi) is 4.37. The van der Waals surface area contributed by atoms with Gasteiger partial charge in [0.2, 0.25) is 0 Å². The zero-order valence-corrected chi connectivity index (χ0v) is 15.5. The number of aryl methyl sites for hydroxylation is 1. The highest BCUT2D eigenvalue weighted by atomic mass is 32.1. The summed E-state index contributed by atoms with van der Waals surface area (Å²) < 4.78 is 7.67. The summed E-state index contributed by atoms with van der Waals surface area (Å²) in [5, 5.41) is 8.24. The lowest BCUT2D eigenvalue weighted by Gasteiger charge is -2.54. The quantitative estimate of drug-likeness (QED) is 0.890. The zero-order chi connectivity index (χ0) is 17.4. The Bertz CT molecular complexity index is 763. The van der Waals surface area contributed by atoms with Crippen molar-refractivity contribution < 1.29 is 9.53 Å². The summed E-state index contributed by atoms with van der Waals surface area (Å²) in [6.45, 7) is 2.79. The van der Waals surface area contributed by atoms with Crippen LogP contribution in [0, 0.1) is 5.41 Å². The number of aromatic nitrogens is 3. The molecule has 0 saturated heterocycles. The van der Waals surface area contributed by atoms with Gasteiger partial charge in [-0.25, -0.2) is 4.98 Å². The first-order valence-electron chi connectivity index (χ1n) is 8.99. The topological polar surface area (TPSA) is 69.0 Å². The van der Waals surface area contributed by atoms with Crippen molar-refractivity contribution in [2.24, 2.45) is 12.5 Å². The summed E-state index contributed by atoms with van der Waals surface area (Å²) in [5.74, 6) is -0.0149. The lowest BCUT2D eigenvalue weighted by Crippen LogP contribution is -2.63. The molecule has 134 valence electrons. The number of hydrogen-bond acceptors (Lipinski definition) is 5. The normalized spacial score (nSPS) is 24.4.